The van der Waals surface area contributed by atoms with Gasteiger partial charge in [-0.25, -0.2) is 0 Å². The fraction of sp³-hybridized carbons (Fsp3) is 0.118. The van der Waals surface area contributed by atoms with E-state index in [0.717, 1.165) is 16.5 Å². The minimum atomic E-state index is 0.237. The second kappa shape index (κ2) is 7.11. The number of rotatable bonds is 5. The summed E-state index contributed by atoms with van der Waals surface area (Å²) in [4.78, 5) is 0. The van der Waals surface area contributed by atoms with Crippen molar-refractivity contribution >= 4 is 18.0 Å². The lowest BCUT2D eigenvalue weighted by Crippen LogP contribution is -1.92. The van der Waals surface area contributed by atoms with Crippen molar-refractivity contribution in [2.75, 3.05) is 0 Å². The number of phenols is 1. The predicted octanol–water partition coefficient (Wildman–Crippen LogP) is 3.47. The summed E-state index contributed by atoms with van der Waals surface area (Å²) < 4.78 is 1.64. The molecule has 0 aliphatic heterocycles. The molecule has 0 atom stereocenters. The first kappa shape index (κ1) is 15.3. The topological polar surface area (TPSA) is 63.3 Å². The molecule has 0 saturated heterocycles. The maximum Gasteiger partial charge on any atom is 0.212 e. The first-order chi connectivity index (χ1) is 11.2. The van der Waals surface area contributed by atoms with Crippen molar-refractivity contribution in [3.05, 3.63) is 71.5 Å². The summed E-state index contributed by atoms with van der Waals surface area (Å²) >= 11 is 1.59. The highest BCUT2D eigenvalue weighted by molar-refractivity contribution is 7.98. The van der Waals surface area contributed by atoms with Crippen molar-refractivity contribution in [2.24, 2.45) is 5.10 Å². The van der Waals surface area contributed by atoms with E-state index in [2.05, 4.69) is 46.5 Å². The number of aromatic nitrogens is 3. The van der Waals surface area contributed by atoms with Gasteiger partial charge in [-0.15, -0.1) is 10.2 Å². The molecule has 1 N–H and O–H groups in total. The van der Waals surface area contributed by atoms with Crippen molar-refractivity contribution < 1.29 is 5.11 Å². The van der Waals surface area contributed by atoms with E-state index in [9.17, 15) is 5.11 Å². The van der Waals surface area contributed by atoms with Gasteiger partial charge in [0, 0.05) is 5.75 Å². The first-order valence-corrected chi connectivity index (χ1v) is 8.11. The van der Waals surface area contributed by atoms with Gasteiger partial charge in [0.2, 0.25) is 5.16 Å². The van der Waals surface area contributed by atoms with Crippen molar-refractivity contribution in [1.82, 2.24) is 14.9 Å². The molecule has 0 spiro atoms. The molecule has 0 aliphatic carbocycles. The Kier molecular flexibility index (Phi) is 4.73. The fourth-order valence-corrected chi connectivity index (χ4v) is 2.73. The van der Waals surface area contributed by atoms with Crippen LogP contribution in [-0.4, -0.2) is 26.2 Å². The molecule has 1 aromatic heterocycles. The van der Waals surface area contributed by atoms with Gasteiger partial charge < -0.3 is 5.11 Å². The molecule has 0 unspecified atom stereocenters. The molecule has 3 rings (SSSR count). The monoisotopic (exact) mass is 324 g/mol. The fourth-order valence-electron chi connectivity index (χ4n) is 1.91. The van der Waals surface area contributed by atoms with Gasteiger partial charge in [0.15, 0.2) is 0 Å². The molecular formula is C17H16N4OS. The maximum absolute atomic E-state index is 9.28. The Hall–Kier alpha value is -2.60. The van der Waals surface area contributed by atoms with Crippen LogP contribution in [0.5, 0.6) is 5.75 Å². The molecule has 116 valence electrons. The minimum absolute atomic E-state index is 0.237. The van der Waals surface area contributed by atoms with Crippen molar-refractivity contribution in [1.29, 1.82) is 0 Å². The Morgan fingerprint density at radius 2 is 1.87 bits per heavy atom. The van der Waals surface area contributed by atoms with E-state index < -0.39 is 0 Å². The Labute approximate surface area is 138 Å². The number of nitrogens with zero attached hydrogens (tertiary/aromatic N) is 4. The number of hydrogen-bond acceptors (Lipinski definition) is 5. The highest BCUT2D eigenvalue weighted by Crippen LogP contribution is 2.20. The van der Waals surface area contributed by atoms with Gasteiger partial charge in [0.25, 0.3) is 0 Å². The summed E-state index contributed by atoms with van der Waals surface area (Å²) in [5, 5.41) is 22.4. The van der Waals surface area contributed by atoms with Crippen LogP contribution in [0.15, 0.2) is 65.1 Å². The van der Waals surface area contributed by atoms with E-state index in [1.165, 1.54) is 11.1 Å². The summed E-state index contributed by atoms with van der Waals surface area (Å²) in [6.07, 6.45) is 3.28. The Morgan fingerprint density at radius 3 is 2.61 bits per heavy atom. The molecule has 0 aliphatic rings. The van der Waals surface area contributed by atoms with E-state index in [4.69, 9.17) is 0 Å². The third-order valence-electron chi connectivity index (χ3n) is 3.21. The zero-order chi connectivity index (χ0) is 16.1. The molecular weight excluding hydrogens is 308 g/mol. The van der Waals surface area contributed by atoms with Crippen molar-refractivity contribution in [2.45, 2.75) is 17.8 Å². The van der Waals surface area contributed by atoms with Crippen LogP contribution >= 0.6 is 11.8 Å². The van der Waals surface area contributed by atoms with Gasteiger partial charge in [0.1, 0.15) is 12.1 Å². The van der Waals surface area contributed by atoms with E-state index in [1.807, 2.05) is 0 Å². The molecule has 0 bridgehead atoms. The number of thioether (sulfide) groups is 1. The van der Waals surface area contributed by atoms with Crippen molar-refractivity contribution in [3.8, 4) is 5.75 Å². The summed E-state index contributed by atoms with van der Waals surface area (Å²) in [6, 6.07) is 15.3. The molecule has 0 fully saturated rings. The van der Waals surface area contributed by atoms with Crippen LogP contribution in [0.1, 0.15) is 16.7 Å². The molecule has 1 heterocycles. The van der Waals surface area contributed by atoms with E-state index in [-0.39, 0.29) is 5.75 Å². The predicted molar refractivity (Wildman–Crippen MR) is 91.9 cm³/mol. The molecule has 0 saturated carbocycles. The number of hydrogen-bond donors (Lipinski definition) is 1. The molecule has 23 heavy (non-hydrogen) atoms. The quantitative estimate of drug-likeness (QED) is 0.576. The standard InChI is InChI=1S/C17H16N4OS/c1-13-2-4-15(5-3-13)11-23-17-20-18-12-21(17)19-10-14-6-8-16(22)9-7-14/h2-10,12,22H,11H2,1H3/b19-10-. The second-order valence-electron chi connectivity index (χ2n) is 5.07. The second-order valence-corrected chi connectivity index (χ2v) is 6.01. The van der Waals surface area contributed by atoms with Crippen LogP contribution in [0.4, 0.5) is 0 Å². The third-order valence-corrected chi connectivity index (χ3v) is 4.22. The number of benzene rings is 2. The minimum Gasteiger partial charge on any atom is -0.508 e. The van der Waals surface area contributed by atoms with E-state index >= 15 is 0 Å². The van der Waals surface area contributed by atoms with Gasteiger partial charge in [-0.3, -0.25) is 0 Å². The van der Waals surface area contributed by atoms with Gasteiger partial charge in [0.05, 0.1) is 6.21 Å². The number of phenolic OH excluding ortho intramolecular Hbond substituents is 1. The van der Waals surface area contributed by atoms with Crippen LogP contribution in [0.3, 0.4) is 0 Å². The lowest BCUT2D eigenvalue weighted by atomic mass is 10.2. The van der Waals surface area contributed by atoms with Crippen molar-refractivity contribution in [3.63, 3.8) is 0 Å². The smallest absolute Gasteiger partial charge is 0.212 e. The molecule has 0 radical (unpaired) electrons. The number of aryl methyl sites for hydroxylation is 1. The van der Waals surface area contributed by atoms with Crippen LogP contribution in [0, 0.1) is 6.92 Å². The van der Waals surface area contributed by atoms with Crippen LogP contribution in [-0.2, 0) is 5.75 Å². The summed E-state index contributed by atoms with van der Waals surface area (Å²) in [6.45, 7) is 2.07. The Bertz CT molecular complexity index is 794. The Morgan fingerprint density at radius 1 is 1.13 bits per heavy atom. The maximum atomic E-state index is 9.28. The highest BCUT2D eigenvalue weighted by Gasteiger charge is 2.04. The molecule has 2 aromatic carbocycles. The lowest BCUT2D eigenvalue weighted by Gasteiger charge is -2.02. The molecule has 5 nitrogen and oxygen atoms in total. The highest BCUT2D eigenvalue weighted by atomic mass is 32.2. The molecule has 3 aromatic rings. The van der Waals surface area contributed by atoms with Gasteiger partial charge in [-0.1, -0.05) is 41.6 Å². The van der Waals surface area contributed by atoms with Crippen LogP contribution in [0.25, 0.3) is 0 Å². The first-order valence-electron chi connectivity index (χ1n) is 7.12. The van der Waals surface area contributed by atoms with E-state index in [0.29, 0.717) is 0 Å². The van der Waals surface area contributed by atoms with Gasteiger partial charge in [-0.2, -0.15) is 9.78 Å². The summed E-state index contributed by atoms with van der Waals surface area (Å²) in [5.41, 5.74) is 3.38. The SMILES string of the molecule is Cc1ccc(CSc2nncn2/N=C\c2ccc(O)cc2)cc1. The Balaban J connectivity index is 1.67. The molecule has 6 heteroatoms. The zero-order valence-electron chi connectivity index (χ0n) is 12.6. The largest absolute Gasteiger partial charge is 0.508 e. The van der Waals surface area contributed by atoms with Gasteiger partial charge in [-0.05, 0) is 42.3 Å². The third kappa shape index (κ3) is 4.20. The average molecular weight is 324 g/mol. The summed E-state index contributed by atoms with van der Waals surface area (Å²) in [7, 11) is 0. The van der Waals surface area contributed by atoms with Crippen LogP contribution in [0.2, 0.25) is 0 Å². The summed E-state index contributed by atoms with van der Waals surface area (Å²) in [5.74, 6) is 1.05. The molecule has 0 amide bonds. The van der Waals surface area contributed by atoms with Crippen LogP contribution < -0.4 is 0 Å². The van der Waals surface area contributed by atoms with Gasteiger partial charge >= 0.3 is 0 Å². The normalized spacial score (nSPS) is 11.2. The lowest BCUT2D eigenvalue weighted by molar-refractivity contribution is 0.475. The average Bonchev–Trinajstić information content (AvgIpc) is 3.01. The zero-order valence-corrected chi connectivity index (χ0v) is 13.4. The van der Waals surface area contributed by atoms with E-state index in [1.54, 1.807) is 53.2 Å². The number of aromatic hydroxyl groups is 1.